The van der Waals surface area contributed by atoms with Gasteiger partial charge in [-0.05, 0) is 38.1 Å². The van der Waals surface area contributed by atoms with Gasteiger partial charge in [-0.25, -0.2) is 9.37 Å². The molecule has 0 unspecified atom stereocenters. The lowest BCUT2D eigenvalue weighted by atomic mass is 10.2. The SMILES string of the molecule is COc1ccc(N(C)C(=O)c2cc(C)n(-c3ccccc3F)c2C)cn1. The minimum Gasteiger partial charge on any atom is -0.481 e. The normalized spacial score (nSPS) is 10.7. The molecule has 134 valence electrons. The fraction of sp³-hybridized carbons (Fsp3) is 0.200. The van der Waals surface area contributed by atoms with Gasteiger partial charge >= 0.3 is 0 Å². The highest BCUT2D eigenvalue weighted by atomic mass is 19.1. The smallest absolute Gasteiger partial charge is 0.259 e. The van der Waals surface area contributed by atoms with Gasteiger partial charge in [-0.3, -0.25) is 4.79 Å². The molecular weight excluding hydrogens is 333 g/mol. The van der Waals surface area contributed by atoms with Gasteiger partial charge in [0.15, 0.2) is 0 Å². The van der Waals surface area contributed by atoms with E-state index in [1.54, 1.807) is 54.2 Å². The van der Waals surface area contributed by atoms with Gasteiger partial charge in [0.25, 0.3) is 5.91 Å². The average molecular weight is 353 g/mol. The largest absolute Gasteiger partial charge is 0.481 e. The lowest BCUT2D eigenvalue weighted by molar-refractivity contribution is 0.0992. The number of amides is 1. The van der Waals surface area contributed by atoms with Gasteiger partial charge < -0.3 is 14.2 Å². The minimum atomic E-state index is -0.332. The van der Waals surface area contributed by atoms with Crippen LogP contribution in [0.1, 0.15) is 21.7 Å². The second-order valence-corrected chi connectivity index (χ2v) is 5.99. The quantitative estimate of drug-likeness (QED) is 0.714. The van der Waals surface area contributed by atoms with Crippen LogP contribution in [0.2, 0.25) is 0 Å². The zero-order valence-corrected chi connectivity index (χ0v) is 15.2. The van der Waals surface area contributed by atoms with Crippen molar-refractivity contribution in [1.82, 2.24) is 9.55 Å². The first-order chi connectivity index (χ1) is 12.4. The molecule has 3 aromatic rings. The number of aromatic nitrogens is 2. The Hall–Kier alpha value is -3.15. The predicted octanol–water partition coefficient (Wildman–Crippen LogP) is 3.91. The number of para-hydroxylation sites is 1. The molecule has 0 bridgehead atoms. The van der Waals surface area contributed by atoms with Gasteiger partial charge in [-0.2, -0.15) is 0 Å². The maximum atomic E-state index is 14.2. The molecule has 0 aliphatic rings. The number of ether oxygens (including phenoxy) is 1. The van der Waals surface area contributed by atoms with Crippen LogP contribution >= 0.6 is 0 Å². The number of carbonyl (C=O) groups excluding carboxylic acids is 1. The summed E-state index contributed by atoms with van der Waals surface area (Å²) in [4.78, 5) is 18.6. The molecule has 5 nitrogen and oxygen atoms in total. The Bertz CT molecular complexity index is 948. The topological polar surface area (TPSA) is 47.4 Å². The molecule has 0 saturated carbocycles. The summed E-state index contributed by atoms with van der Waals surface area (Å²) in [6.07, 6.45) is 1.58. The van der Waals surface area contributed by atoms with Crippen LogP contribution in [0.15, 0.2) is 48.7 Å². The van der Waals surface area contributed by atoms with Gasteiger partial charge in [0.05, 0.1) is 30.2 Å². The van der Waals surface area contributed by atoms with Crippen molar-refractivity contribution in [3.8, 4) is 11.6 Å². The van der Waals surface area contributed by atoms with Gasteiger partial charge in [0, 0.05) is 24.5 Å². The highest BCUT2D eigenvalue weighted by molar-refractivity contribution is 6.06. The van der Waals surface area contributed by atoms with Crippen molar-refractivity contribution in [3.63, 3.8) is 0 Å². The molecule has 0 atom stereocenters. The van der Waals surface area contributed by atoms with Crippen LogP contribution in [0.5, 0.6) is 5.88 Å². The standard InChI is InChI=1S/C20H20FN3O2/c1-13-11-16(14(2)24(13)18-8-6-5-7-17(18)21)20(25)23(3)15-9-10-19(26-4)22-12-15/h5-12H,1-4H3. The Balaban J connectivity index is 1.98. The first kappa shape index (κ1) is 17.7. The molecule has 1 aromatic carbocycles. The molecule has 0 spiro atoms. The second kappa shape index (κ2) is 7.00. The van der Waals surface area contributed by atoms with Crippen molar-refractivity contribution in [2.75, 3.05) is 19.1 Å². The van der Waals surface area contributed by atoms with E-state index < -0.39 is 0 Å². The fourth-order valence-corrected chi connectivity index (χ4v) is 2.97. The predicted molar refractivity (Wildman–Crippen MR) is 98.7 cm³/mol. The van der Waals surface area contributed by atoms with Crippen molar-refractivity contribution in [3.05, 3.63) is 71.4 Å². The summed E-state index contributed by atoms with van der Waals surface area (Å²) in [5.74, 6) is -0.0407. The first-order valence-corrected chi connectivity index (χ1v) is 8.16. The van der Waals surface area contributed by atoms with E-state index in [1.165, 1.54) is 18.1 Å². The number of pyridine rings is 1. The van der Waals surface area contributed by atoms with Gasteiger partial charge in [-0.1, -0.05) is 12.1 Å². The van der Waals surface area contributed by atoms with Crippen LogP contribution in [0.4, 0.5) is 10.1 Å². The van der Waals surface area contributed by atoms with Crippen LogP contribution in [0, 0.1) is 19.7 Å². The van der Waals surface area contributed by atoms with E-state index in [4.69, 9.17) is 4.74 Å². The van der Waals surface area contributed by atoms with E-state index >= 15 is 0 Å². The summed E-state index contributed by atoms with van der Waals surface area (Å²) in [6, 6.07) is 11.8. The molecule has 0 aliphatic heterocycles. The van der Waals surface area contributed by atoms with E-state index in [0.717, 1.165) is 5.69 Å². The van der Waals surface area contributed by atoms with Gasteiger partial charge in [0.1, 0.15) is 5.82 Å². The molecule has 0 saturated heterocycles. The summed E-state index contributed by atoms with van der Waals surface area (Å²) in [5.41, 5.74) is 3.06. The van der Waals surface area contributed by atoms with Crippen molar-refractivity contribution >= 4 is 11.6 Å². The number of methoxy groups -OCH3 is 1. The van der Waals surface area contributed by atoms with E-state index in [1.807, 2.05) is 13.8 Å². The molecule has 1 amide bonds. The molecule has 0 aliphatic carbocycles. The molecule has 2 heterocycles. The molecule has 0 N–H and O–H groups in total. The van der Waals surface area contributed by atoms with Crippen LogP contribution in [-0.4, -0.2) is 29.6 Å². The van der Waals surface area contributed by atoms with E-state index in [2.05, 4.69) is 4.98 Å². The molecular formula is C20H20FN3O2. The van der Waals surface area contributed by atoms with Crippen molar-refractivity contribution in [2.45, 2.75) is 13.8 Å². The van der Waals surface area contributed by atoms with E-state index in [0.29, 0.717) is 28.5 Å². The van der Waals surface area contributed by atoms with Crippen LogP contribution in [-0.2, 0) is 0 Å². The summed E-state index contributed by atoms with van der Waals surface area (Å²) in [5, 5.41) is 0. The molecule has 0 fully saturated rings. The van der Waals surface area contributed by atoms with Gasteiger partial charge in [0.2, 0.25) is 5.88 Å². The zero-order chi connectivity index (χ0) is 18.8. The molecule has 3 rings (SSSR count). The van der Waals surface area contributed by atoms with Crippen molar-refractivity contribution in [2.24, 2.45) is 0 Å². The lowest BCUT2D eigenvalue weighted by Crippen LogP contribution is -2.26. The van der Waals surface area contributed by atoms with Crippen molar-refractivity contribution < 1.29 is 13.9 Å². The second-order valence-electron chi connectivity index (χ2n) is 5.99. The summed E-state index contributed by atoms with van der Waals surface area (Å²) < 4.78 is 21.0. The van der Waals surface area contributed by atoms with E-state index in [9.17, 15) is 9.18 Å². The number of hydrogen-bond acceptors (Lipinski definition) is 3. The van der Waals surface area contributed by atoms with Crippen LogP contribution in [0.3, 0.4) is 0 Å². The summed E-state index contributed by atoms with van der Waals surface area (Å²) in [7, 11) is 3.22. The van der Waals surface area contributed by atoms with Crippen LogP contribution < -0.4 is 9.64 Å². The Kier molecular flexibility index (Phi) is 4.75. The zero-order valence-electron chi connectivity index (χ0n) is 15.2. The molecule has 6 heteroatoms. The Morgan fingerprint density at radius 3 is 2.54 bits per heavy atom. The number of hydrogen-bond donors (Lipinski definition) is 0. The number of anilines is 1. The fourth-order valence-electron chi connectivity index (χ4n) is 2.97. The van der Waals surface area contributed by atoms with Gasteiger partial charge in [-0.15, -0.1) is 0 Å². The molecule has 0 radical (unpaired) electrons. The third kappa shape index (κ3) is 3.06. The van der Waals surface area contributed by atoms with Crippen LogP contribution in [0.25, 0.3) is 5.69 Å². The first-order valence-electron chi connectivity index (χ1n) is 8.16. The third-order valence-corrected chi connectivity index (χ3v) is 4.38. The number of carbonyl (C=O) groups is 1. The lowest BCUT2D eigenvalue weighted by Gasteiger charge is -2.17. The molecule has 2 aromatic heterocycles. The number of aryl methyl sites for hydroxylation is 1. The Morgan fingerprint density at radius 1 is 1.19 bits per heavy atom. The number of halogens is 1. The number of benzene rings is 1. The minimum absolute atomic E-state index is 0.187. The summed E-state index contributed by atoms with van der Waals surface area (Å²) >= 11 is 0. The molecule has 26 heavy (non-hydrogen) atoms. The maximum Gasteiger partial charge on any atom is 0.259 e. The van der Waals surface area contributed by atoms with Crippen molar-refractivity contribution in [1.29, 1.82) is 0 Å². The Labute approximate surface area is 151 Å². The monoisotopic (exact) mass is 353 g/mol. The maximum absolute atomic E-state index is 14.2. The number of nitrogens with zero attached hydrogens (tertiary/aromatic N) is 3. The average Bonchev–Trinajstić information content (AvgIpc) is 2.95. The number of rotatable bonds is 4. The van der Waals surface area contributed by atoms with E-state index in [-0.39, 0.29) is 11.7 Å². The highest BCUT2D eigenvalue weighted by Crippen LogP contribution is 2.25. The summed E-state index contributed by atoms with van der Waals surface area (Å²) in [6.45, 7) is 3.66. The Morgan fingerprint density at radius 2 is 1.92 bits per heavy atom. The highest BCUT2D eigenvalue weighted by Gasteiger charge is 2.21. The third-order valence-electron chi connectivity index (χ3n) is 4.38.